The second-order valence-electron chi connectivity index (χ2n) is 8.48. The number of pyridine rings is 1. The minimum Gasteiger partial charge on any atom is -0.303 e. The number of hydrogen-bond donors (Lipinski definition) is 0. The Hall–Kier alpha value is -1.19. The van der Waals surface area contributed by atoms with Gasteiger partial charge >= 0.3 is 6.18 Å². The van der Waals surface area contributed by atoms with Crippen LogP contribution >= 0.6 is 0 Å². The van der Waals surface area contributed by atoms with Gasteiger partial charge in [0.15, 0.2) is 0 Å². The minimum absolute atomic E-state index is 0.178. The quantitative estimate of drug-likeness (QED) is 0.748. The second kappa shape index (κ2) is 7.91. The molecule has 1 aromatic heterocycles. The average Bonchev–Trinajstić information content (AvgIpc) is 2.63. The zero-order valence-electron chi connectivity index (χ0n) is 16.4. The molecule has 0 unspecified atom stereocenters. The third-order valence-corrected chi connectivity index (χ3v) is 7.87. The highest BCUT2D eigenvalue weighted by Crippen LogP contribution is 2.42. The number of aromatic nitrogens is 1. The van der Waals surface area contributed by atoms with Crippen molar-refractivity contribution in [3.63, 3.8) is 0 Å². The van der Waals surface area contributed by atoms with Gasteiger partial charge in [0, 0.05) is 25.8 Å². The highest BCUT2D eigenvalue weighted by molar-refractivity contribution is 7.89. The number of rotatable bonds is 4. The molecule has 5 nitrogen and oxygen atoms in total. The number of alkyl halides is 3. The van der Waals surface area contributed by atoms with Gasteiger partial charge in [0.05, 0.1) is 0 Å². The van der Waals surface area contributed by atoms with Gasteiger partial charge in [-0.25, -0.2) is 8.42 Å². The Morgan fingerprint density at radius 3 is 2.11 bits per heavy atom. The van der Waals surface area contributed by atoms with Crippen molar-refractivity contribution < 1.29 is 21.6 Å². The molecule has 0 aromatic carbocycles. The summed E-state index contributed by atoms with van der Waals surface area (Å²) in [5, 5.41) is 0. The number of halogens is 3. The predicted molar refractivity (Wildman–Crippen MR) is 100 cm³/mol. The summed E-state index contributed by atoms with van der Waals surface area (Å²) in [6.07, 6.45) is -0.00628. The number of hydrogen-bond acceptors (Lipinski definition) is 4. The maximum absolute atomic E-state index is 12.8. The first-order valence-corrected chi connectivity index (χ1v) is 11.2. The Morgan fingerprint density at radius 2 is 1.64 bits per heavy atom. The van der Waals surface area contributed by atoms with Crippen molar-refractivity contribution in [1.29, 1.82) is 0 Å². The Morgan fingerprint density at radius 1 is 1.07 bits per heavy atom. The van der Waals surface area contributed by atoms with Crippen molar-refractivity contribution in [2.75, 3.05) is 32.7 Å². The lowest BCUT2D eigenvalue weighted by Crippen LogP contribution is -2.48. The molecule has 0 aliphatic carbocycles. The van der Waals surface area contributed by atoms with Gasteiger partial charge in [0.2, 0.25) is 10.0 Å². The molecular formula is C19H28F3N3O2S. The minimum atomic E-state index is -4.58. The van der Waals surface area contributed by atoms with Crippen molar-refractivity contribution in [3.8, 4) is 0 Å². The summed E-state index contributed by atoms with van der Waals surface area (Å²) < 4.78 is 64.9. The first kappa shape index (κ1) is 21.5. The maximum atomic E-state index is 12.8. The van der Waals surface area contributed by atoms with Crippen LogP contribution in [0.1, 0.15) is 45.2 Å². The molecule has 9 heteroatoms. The molecule has 3 rings (SSSR count). The molecule has 0 atom stereocenters. The molecule has 2 saturated heterocycles. The van der Waals surface area contributed by atoms with Crippen LogP contribution in [0, 0.1) is 11.3 Å². The monoisotopic (exact) mass is 419 g/mol. The number of nitrogens with zero attached hydrogens (tertiary/aromatic N) is 3. The molecule has 28 heavy (non-hydrogen) atoms. The van der Waals surface area contributed by atoms with Gasteiger partial charge in [-0.15, -0.1) is 0 Å². The van der Waals surface area contributed by atoms with E-state index in [0.29, 0.717) is 19.0 Å². The highest BCUT2D eigenvalue weighted by atomic mass is 32.2. The van der Waals surface area contributed by atoms with Gasteiger partial charge < -0.3 is 4.90 Å². The summed E-state index contributed by atoms with van der Waals surface area (Å²) in [5.41, 5.74) is -0.894. The second-order valence-corrected chi connectivity index (χ2v) is 10.4. The molecule has 158 valence electrons. The highest BCUT2D eigenvalue weighted by Gasteiger charge is 2.41. The molecule has 2 aliphatic rings. The summed E-state index contributed by atoms with van der Waals surface area (Å²) in [6, 6.07) is 1.72. The number of sulfonamides is 1. The fourth-order valence-corrected chi connectivity index (χ4v) is 5.66. The van der Waals surface area contributed by atoms with Crippen molar-refractivity contribution in [2.45, 2.75) is 50.6 Å². The van der Waals surface area contributed by atoms with Crippen LogP contribution in [-0.2, 0) is 16.2 Å². The van der Waals surface area contributed by atoms with E-state index in [9.17, 15) is 21.6 Å². The van der Waals surface area contributed by atoms with Gasteiger partial charge in [-0.3, -0.25) is 4.98 Å². The molecule has 0 amide bonds. The normalized spacial score (nSPS) is 22.1. The van der Waals surface area contributed by atoms with E-state index in [4.69, 9.17) is 0 Å². The first-order valence-electron chi connectivity index (χ1n) is 9.78. The van der Waals surface area contributed by atoms with Gasteiger partial charge in [-0.1, -0.05) is 13.8 Å². The van der Waals surface area contributed by atoms with Crippen LogP contribution < -0.4 is 0 Å². The molecule has 0 radical (unpaired) electrons. The van der Waals surface area contributed by atoms with E-state index in [2.05, 4.69) is 23.7 Å². The Kier molecular flexibility index (Phi) is 6.08. The third kappa shape index (κ3) is 4.68. The lowest BCUT2D eigenvalue weighted by atomic mass is 9.71. The zero-order chi connectivity index (χ0) is 20.6. The maximum Gasteiger partial charge on any atom is 0.433 e. The van der Waals surface area contributed by atoms with E-state index >= 15 is 0 Å². The molecule has 0 bridgehead atoms. The smallest absolute Gasteiger partial charge is 0.303 e. The Balaban J connectivity index is 1.61. The molecule has 3 heterocycles. The molecule has 0 N–H and O–H groups in total. The van der Waals surface area contributed by atoms with E-state index in [1.54, 1.807) is 0 Å². The summed E-state index contributed by atoms with van der Waals surface area (Å²) >= 11 is 0. The summed E-state index contributed by atoms with van der Waals surface area (Å²) in [4.78, 5) is 5.59. The van der Waals surface area contributed by atoms with Crippen molar-refractivity contribution in [2.24, 2.45) is 11.3 Å². The topological polar surface area (TPSA) is 53.5 Å². The molecule has 1 aromatic rings. The Labute approximate surface area is 165 Å². The van der Waals surface area contributed by atoms with Crippen LogP contribution in [0.4, 0.5) is 13.2 Å². The standard InChI is InChI=1S/C19H28F3N3O2S/c1-15(2)14-24-9-5-18(6-10-24)7-11-25(12-8-18)28(26,27)16-3-4-17(23-13-16)19(20,21)22/h3-4,13,15H,5-12,14H2,1-2H3. The average molecular weight is 420 g/mol. The van der Waals surface area contributed by atoms with Crippen molar-refractivity contribution in [1.82, 2.24) is 14.2 Å². The lowest BCUT2D eigenvalue weighted by Gasteiger charge is -2.46. The van der Waals surface area contributed by atoms with Crippen molar-refractivity contribution in [3.05, 3.63) is 24.0 Å². The van der Waals surface area contributed by atoms with Gasteiger partial charge in [0.1, 0.15) is 10.6 Å². The fourth-order valence-electron chi connectivity index (χ4n) is 4.28. The van der Waals surface area contributed by atoms with E-state index < -0.39 is 21.9 Å². The van der Waals surface area contributed by atoms with E-state index in [-0.39, 0.29) is 10.3 Å². The summed E-state index contributed by atoms with van der Waals surface area (Å²) in [6.45, 7) is 8.44. The largest absolute Gasteiger partial charge is 0.433 e. The number of piperidine rings is 2. The van der Waals surface area contributed by atoms with Crippen LogP contribution in [0.15, 0.2) is 23.2 Å². The van der Waals surface area contributed by atoms with E-state index in [1.165, 1.54) is 4.31 Å². The summed E-state index contributed by atoms with van der Waals surface area (Å²) in [7, 11) is -3.81. The van der Waals surface area contributed by atoms with Crippen molar-refractivity contribution >= 4 is 10.0 Å². The zero-order valence-corrected chi connectivity index (χ0v) is 17.2. The fraction of sp³-hybridized carbons (Fsp3) is 0.737. The molecular weight excluding hydrogens is 391 g/mol. The van der Waals surface area contributed by atoms with Gasteiger partial charge in [-0.2, -0.15) is 17.5 Å². The molecule has 0 saturated carbocycles. The van der Waals surface area contributed by atoms with E-state index in [0.717, 1.165) is 63.6 Å². The SMILES string of the molecule is CC(C)CN1CCC2(CC1)CCN(S(=O)(=O)c1ccc(C(F)(F)F)nc1)CC2. The molecule has 1 spiro atoms. The summed E-state index contributed by atoms with van der Waals surface area (Å²) in [5.74, 6) is 0.637. The first-order chi connectivity index (χ1) is 13.0. The lowest BCUT2D eigenvalue weighted by molar-refractivity contribution is -0.141. The van der Waals surface area contributed by atoms with Gasteiger partial charge in [-0.05, 0) is 62.2 Å². The van der Waals surface area contributed by atoms with Crippen LogP contribution in [0.25, 0.3) is 0 Å². The molecule has 2 aliphatic heterocycles. The number of likely N-dealkylation sites (tertiary alicyclic amines) is 1. The predicted octanol–water partition coefficient (Wildman–Crippen LogP) is 3.62. The van der Waals surface area contributed by atoms with Crippen LogP contribution in [0.3, 0.4) is 0 Å². The third-order valence-electron chi connectivity index (χ3n) is 5.99. The van der Waals surface area contributed by atoms with Gasteiger partial charge in [0.25, 0.3) is 0 Å². The molecule has 2 fully saturated rings. The van der Waals surface area contributed by atoms with Crippen LogP contribution in [0.2, 0.25) is 0 Å². The van der Waals surface area contributed by atoms with Crippen LogP contribution in [0.5, 0.6) is 0 Å². The van der Waals surface area contributed by atoms with E-state index in [1.807, 2.05) is 0 Å². The Bertz CT molecular complexity index is 761. The van der Waals surface area contributed by atoms with Crippen LogP contribution in [-0.4, -0.2) is 55.3 Å².